The van der Waals surface area contributed by atoms with Gasteiger partial charge in [-0.1, -0.05) is 0 Å². The molecule has 0 spiro atoms. The van der Waals surface area contributed by atoms with Gasteiger partial charge in [0.1, 0.15) is 18.0 Å². The Hall–Kier alpha value is -2.21. The van der Waals surface area contributed by atoms with Crippen LogP contribution in [0.25, 0.3) is 0 Å². The Balaban J connectivity index is 1.91. The van der Waals surface area contributed by atoms with E-state index in [1.165, 1.54) is 0 Å². The van der Waals surface area contributed by atoms with E-state index in [1.54, 1.807) is 18.7 Å². The Morgan fingerprint density at radius 2 is 2.05 bits per heavy atom. The molecule has 0 atom stereocenters. The Bertz CT molecular complexity index is 488. The van der Waals surface area contributed by atoms with Crippen LogP contribution >= 0.6 is 0 Å². The van der Waals surface area contributed by atoms with Crippen LogP contribution in [0, 0.1) is 0 Å². The van der Waals surface area contributed by atoms with Crippen molar-refractivity contribution in [1.29, 1.82) is 0 Å². The average molecular weight is 258 g/mol. The first-order valence-corrected chi connectivity index (χ1v) is 6.26. The Morgan fingerprint density at radius 1 is 1.16 bits per heavy atom. The van der Waals surface area contributed by atoms with Crippen LogP contribution < -0.4 is 16.0 Å². The van der Waals surface area contributed by atoms with Crippen LogP contribution in [0.4, 0.5) is 17.3 Å². The predicted molar refractivity (Wildman–Crippen MR) is 76.6 cm³/mol. The summed E-state index contributed by atoms with van der Waals surface area (Å²) in [6, 6.07) is 5.70. The number of rotatable bonds is 7. The van der Waals surface area contributed by atoms with E-state index in [9.17, 15) is 0 Å². The maximum Gasteiger partial charge on any atom is 0.135 e. The molecule has 2 rings (SSSR count). The highest BCUT2D eigenvalue weighted by Crippen LogP contribution is 2.14. The standard InChI is InChI=1S/C13H18N6/c1-14-5-3-7-16-12-8-13(18-10-17-12)19-11-4-2-6-15-9-11/h2,4,6,8-10,14H,3,5,7H2,1H3,(H2,16,17,18,19). The van der Waals surface area contributed by atoms with Crippen molar-refractivity contribution in [3.8, 4) is 0 Å². The number of hydrogen-bond donors (Lipinski definition) is 3. The minimum Gasteiger partial charge on any atom is -0.370 e. The van der Waals surface area contributed by atoms with E-state index in [-0.39, 0.29) is 0 Å². The van der Waals surface area contributed by atoms with E-state index in [0.717, 1.165) is 36.8 Å². The van der Waals surface area contributed by atoms with Gasteiger partial charge >= 0.3 is 0 Å². The normalized spacial score (nSPS) is 10.2. The van der Waals surface area contributed by atoms with E-state index in [1.807, 2.05) is 25.2 Å². The topological polar surface area (TPSA) is 74.8 Å². The molecule has 0 radical (unpaired) electrons. The molecule has 2 heterocycles. The lowest BCUT2D eigenvalue weighted by atomic mass is 10.4. The van der Waals surface area contributed by atoms with Crippen LogP contribution in [0.15, 0.2) is 36.9 Å². The molecule has 2 aromatic rings. The fourth-order valence-electron chi connectivity index (χ4n) is 1.59. The monoisotopic (exact) mass is 258 g/mol. The minimum atomic E-state index is 0.749. The van der Waals surface area contributed by atoms with E-state index in [0.29, 0.717) is 0 Å². The van der Waals surface area contributed by atoms with Crippen molar-refractivity contribution in [3.05, 3.63) is 36.9 Å². The largest absolute Gasteiger partial charge is 0.370 e. The maximum atomic E-state index is 4.18. The van der Waals surface area contributed by atoms with Gasteiger partial charge in [0.05, 0.1) is 11.9 Å². The molecule has 0 saturated heterocycles. The second-order valence-electron chi connectivity index (χ2n) is 4.04. The number of pyridine rings is 1. The Kier molecular flexibility index (Phi) is 5.06. The molecule has 100 valence electrons. The number of hydrogen-bond acceptors (Lipinski definition) is 6. The highest BCUT2D eigenvalue weighted by Gasteiger charge is 1.99. The molecule has 0 aliphatic carbocycles. The molecule has 0 aromatic carbocycles. The first-order chi connectivity index (χ1) is 9.38. The molecule has 19 heavy (non-hydrogen) atoms. The average Bonchev–Trinajstić information content (AvgIpc) is 2.45. The lowest BCUT2D eigenvalue weighted by molar-refractivity contribution is 0.746. The summed E-state index contributed by atoms with van der Waals surface area (Å²) in [5.41, 5.74) is 0.905. The molecule has 6 nitrogen and oxygen atoms in total. The smallest absolute Gasteiger partial charge is 0.135 e. The highest BCUT2D eigenvalue weighted by molar-refractivity contribution is 5.57. The van der Waals surface area contributed by atoms with Gasteiger partial charge in [0, 0.05) is 18.8 Å². The van der Waals surface area contributed by atoms with Crippen molar-refractivity contribution in [2.45, 2.75) is 6.42 Å². The lowest BCUT2D eigenvalue weighted by Gasteiger charge is -2.08. The van der Waals surface area contributed by atoms with Gasteiger partial charge in [-0.2, -0.15) is 0 Å². The number of aromatic nitrogens is 3. The third kappa shape index (κ3) is 4.51. The summed E-state index contributed by atoms with van der Waals surface area (Å²) in [5, 5.41) is 9.54. The number of nitrogens with zero attached hydrogens (tertiary/aromatic N) is 3. The molecule has 0 saturated carbocycles. The molecule has 2 aromatic heterocycles. The molecule has 0 aliphatic rings. The van der Waals surface area contributed by atoms with Gasteiger partial charge in [-0.15, -0.1) is 0 Å². The van der Waals surface area contributed by atoms with Crippen molar-refractivity contribution in [2.24, 2.45) is 0 Å². The molecular formula is C13H18N6. The SMILES string of the molecule is CNCCCNc1cc(Nc2cccnc2)ncn1. The second-order valence-corrected chi connectivity index (χ2v) is 4.04. The van der Waals surface area contributed by atoms with Gasteiger partial charge < -0.3 is 16.0 Å². The summed E-state index contributed by atoms with van der Waals surface area (Å²) in [5.74, 6) is 1.57. The summed E-state index contributed by atoms with van der Waals surface area (Å²) in [6.45, 7) is 1.86. The van der Waals surface area contributed by atoms with E-state index in [4.69, 9.17) is 0 Å². The van der Waals surface area contributed by atoms with Crippen molar-refractivity contribution in [1.82, 2.24) is 20.3 Å². The van der Waals surface area contributed by atoms with Crippen molar-refractivity contribution < 1.29 is 0 Å². The fraction of sp³-hybridized carbons (Fsp3) is 0.308. The molecule has 0 aliphatic heterocycles. The zero-order chi connectivity index (χ0) is 13.3. The first kappa shape index (κ1) is 13.2. The summed E-state index contributed by atoms with van der Waals surface area (Å²) < 4.78 is 0. The minimum absolute atomic E-state index is 0.749. The van der Waals surface area contributed by atoms with Crippen LogP contribution in [-0.4, -0.2) is 35.1 Å². The quantitative estimate of drug-likeness (QED) is 0.656. The Morgan fingerprint density at radius 3 is 2.84 bits per heavy atom. The summed E-state index contributed by atoms with van der Waals surface area (Å²) in [6.07, 6.45) is 6.08. The zero-order valence-electron chi connectivity index (χ0n) is 10.9. The molecule has 3 N–H and O–H groups in total. The summed E-state index contributed by atoms with van der Waals surface area (Å²) in [7, 11) is 1.95. The van der Waals surface area contributed by atoms with Crippen LogP contribution in [0.1, 0.15) is 6.42 Å². The van der Waals surface area contributed by atoms with Crippen LogP contribution in [-0.2, 0) is 0 Å². The summed E-state index contributed by atoms with van der Waals surface area (Å²) >= 11 is 0. The van der Waals surface area contributed by atoms with E-state index in [2.05, 4.69) is 30.9 Å². The predicted octanol–water partition coefficient (Wildman–Crippen LogP) is 1.64. The van der Waals surface area contributed by atoms with Crippen LogP contribution in [0.5, 0.6) is 0 Å². The zero-order valence-corrected chi connectivity index (χ0v) is 10.9. The van der Waals surface area contributed by atoms with Crippen molar-refractivity contribution in [3.63, 3.8) is 0 Å². The lowest BCUT2D eigenvalue weighted by Crippen LogP contribution is -2.13. The van der Waals surface area contributed by atoms with Gasteiger partial charge in [0.25, 0.3) is 0 Å². The van der Waals surface area contributed by atoms with E-state index >= 15 is 0 Å². The second kappa shape index (κ2) is 7.27. The van der Waals surface area contributed by atoms with Gasteiger partial charge in [-0.25, -0.2) is 9.97 Å². The number of nitrogens with one attached hydrogen (secondary N) is 3. The number of anilines is 3. The first-order valence-electron chi connectivity index (χ1n) is 6.26. The highest BCUT2D eigenvalue weighted by atomic mass is 15.1. The third-order valence-electron chi connectivity index (χ3n) is 2.51. The molecule has 0 fully saturated rings. The van der Waals surface area contributed by atoms with Gasteiger partial charge in [-0.05, 0) is 32.1 Å². The van der Waals surface area contributed by atoms with Gasteiger partial charge in [0.15, 0.2) is 0 Å². The van der Waals surface area contributed by atoms with Crippen LogP contribution in [0.3, 0.4) is 0 Å². The molecular weight excluding hydrogens is 240 g/mol. The fourth-order valence-corrected chi connectivity index (χ4v) is 1.59. The van der Waals surface area contributed by atoms with Crippen molar-refractivity contribution >= 4 is 17.3 Å². The van der Waals surface area contributed by atoms with Crippen LogP contribution in [0.2, 0.25) is 0 Å². The van der Waals surface area contributed by atoms with E-state index < -0.39 is 0 Å². The molecule has 0 bridgehead atoms. The molecule has 0 unspecified atom stereocenters. The maximum absolute atomic E-state index is 4.18. The van der Waals surface area contributed by atoms with Crippen molar-refractivity contribution in [2.75, 3.05) is 30.8 Å². The molecule has 0 amide bonds. The molecule has 6 heteroatoms. The third-order valence-corrected chi connectivity index (χ3v) is 2.51. The van der Waals surface area contributed by atoms with Gasteiger partial charge in [0.2, 0.25) is 0 Å². The Labute approximate surface area is 112 Å². The van der Waals surface area contributed by atoms with Gasteiger partial charge in [-0.3, -0.25) is 4.98 Å². The summed E-state index contributed by atoms with van der Waals surface area (Å²) in [4.78, 5) is 12.4.